The van der Waals surface area contributed by atoms with Crippen molar-refractivity contribution in [2.45, 2.75) is 26.4 Å². The number of hydrogen-bond donors (Lipinski definition) is 1. The van der Waals surface area contributed by atoms with Gasteiger partial charge in [0.25, 0.3) is 0 Å². The molecule has 0 amide bonds. The van der Waals surface area contributed by atoms with Crippen LogP contribution in [-0.2, 0) is 4.74 Å². The third-order valence-electron chi connectivity index (χ3n) is 3.89. The Morgan fingerprint density at radius 3 is 2.19 bits per heavy atom. The number of hydrogen-bond acceptors (Lipinski definition) is 3. The van der Waals surface area contributed by atoms with Crippen LogP contribution >= 0.6 is 0 Å². The quantitative estimate of drug-likeness (QED) is 0.562. The molecule has 27 heavy (non-hydrogen) atoms. The van der Waals surface area contributed by atoms with Crippen LogP contribution < -0.4 is 5.32 Å². The molecule has 0 spiro atoms. The summed E-state index contributed by atoms with van der Waals surface area (Å²) >= 11 is 0. The van der Waals surface area contributed by atoms with E-state index in [0.717, 1.165) is 11.1 Å². The van der Waals surface area contributed by atoms with E-state index in [1.165, 1.54) is 6.07 Å². The largest absolute Gasteiger partial charge is 0.456 e. The molecule has 0 saturated carbocycles. The summed E-state index contributed by atoms with van der Waals surface area (Å²) in [7, 11) is 0. The molecule has 0 aliphatic carbocycles. The van der Waals surface area contributed by atoms with E-state index in [1.54, 1.807) is 24.3 Å². The highest BCUT2D eigenvalue weighted by Crippen LogP contribution is 2.30. The van der Waals surface area contributed by atoms with Crippen molar-refractivity contribution in [3.8, 4) is 11.1 Å². The van der Waals surface area contributed by atoms with Crippen LogP contribution in [0.3, 0.4) is 0 Å². The van der Waals surface area contributed by atoms with Gasteiger partial charge in [-0.15, -0.1) is 0 Å². The molecule has 4 heteroatoms. The highest BCUT2D eigenvalue weighted by Gasteiger charge is 2.21. The Morgan fingerprint density at radius 1 is 0.852 bits per heavy atom. The maximum absolute atomic E-state index is 14.1. The lowest BCUT2D eigenvalue weighted by atomic mass is 10.0. The number of para-hydroxylation sites is 1. The molecule has 138 valence electrons. The molecule has 0 unspecified atom stereocenters. The van der Waals surface area contributed by atoms with Gasteiger partial charge >= 0.3 is 5.97 Å². The molecule has 1 N–H and O–H groups in total. The fourth-order valence-corrected chi connectivity index (χ4v) is 2.68. The Balaban J connectivity index is 2.04. The van der Waals surface area contributed by atoms with Crippen molar-refractivity contribution in [2.24, 2.45) is 0 Å². The predicted octanol–water partition coefficient (Wildman–Crippen LogP) is 6.19. The lowest BCUT2D eigenvalue weighted by Crippen LogP contribution is -2.24. The minimum atomic E-state index is -0.621. The van der Waals surface area contributed by atoms with E-state index in [9.17, 15) is 9.18 Å². The number of carbonyl (C=O) groups is 1. The van der Waals surface area contributed by atoms with E-state index >= 15 is 0 Å². The van der Waals surface area contributed by atoms with Gasteiger partial charge in [-0.05, 0) is 56.2 Å². The molecule has 3 aromatic carbocycles. The number of carbonyl (C=O) groups excluding carboxylic acids is 1. The molecule has 0 aliphatic rings. The first-order valence-corrected chi connectivity index (χ1v) is 8.78. The van der Waals surface area contributed by atoms with E-state index in [4.69, 9.17) is 4.74 Å². The second-order valence-corrected chi connectivity index (χ2v) is 7.23. The molecule has 0 saturated heterocycles. The minimum absolute atomic E-state index is 0.299. The van der Waals surface area contributed by atoms with Crippen molar-refractivity contribution in [2.75, 3.05) is 5.32 Å². The van der Waals surface area contributed by atoms with Crippen molar-refractivity contribution in [1.82, 2.24) is 0 Å². The van der Waals surface area contributed by atoms with E-state index in [0.29, 0.717) is 16.9 Å². The zero-order valence-electron chi connectivity index (χ0n) is 15.6. The Hall–Kier alpha value is -3.14. The summed E-state index contributed by atoms with van der Waals surface area (Å²) in [6.07, 6.45) is 0. The van der Waals surface area contributed by atoms with Gasteiger partial charge in [-0.3, -0.25) is 0 Å². The normalized spacial score (nSPS) is 11.1. The summed E-state index contributed by atoms with van der Waals surface area (Å²) < 4.78 is 19.6. The number of halogens is 1. The van der Waals surface area contributed by atoms with Crippen molar-refractivity contribution < 1.29 is 13.9 Å². The van der Waals surface area contributed by atoms with Crippen LogP contribution in [0.25, 0.3) is 11.1 Å². The van der Waals surface area contributed by atoms with Gasteiger partial charge in [0.15, 0.2) is 0 Å². The second-order valence-electron chi connectivity index (χ2n) is 7.23. The number of nitrogens with one attached hydrogen (secondary N) is 1. The average Bonchev–Trinajstić information content (AvgIpc) is 2.63. The van der Waals surface area contributed by atoms with Crippen molar-refractivity contribution in [1.29, 1.82) is 0 Å². The standard InChI is InChI=1S/C23H22FNO2/c1-23(2,3)27-22(26)18-14-13-17(16-9-5-4-6-10-16)15-21(18)25-20-12-8-7-11-19(20)24/h4-15,25H,1-3H3. The van der Waals surface area contributed by atoms with E-state index in [1.807, 2.05) is 63.2 Å². The molecule has 3 rings (SSSR count). The summed E-state index contributed by atoms with van der Waals surface area (Å²) in [4.78, 5) is 12.6. The average molecular weight is 363 g/mol. The lowest BCUT2D eigenvalue weighted by molar-refractivity contribution is 0.00707. The highest BCUT2D eigenvalue weighted by molar-refractivity contribution is 5.98. The Morgan fingerprint density at radius 2 is 1.52 bits per heavy atom. The maximum atomic E-state index is 14.1. The molecular formula is C23H22FNO2. The first-order chi connectivity index (χ1) is 12.8. The molecule has 3 aromatic rings. The van der Waals surface area contributed by atoms with Crippen LogP contribution in [0.1, 0.15) is 31.1 Å². The summed E-state index contributed by atoms with van der Waals surface area (Å²) in [5.41, 5.74) is 2.45. The summed E-state index contributed by atoms with van der Waals surface area (Å²) in [5, 5.41) is 3.04. The lowest BCUT2D eigenvalue weighted by Gasteiger charge is -2.21. The third-order valence-corrected chi connectivity index (χ3v) is 3.89. The maximum Gasteiger partial charge on any atom is 0.340 e. The molecule has 0 atom stereocenters. The number of anilines is 2. The van der Waals surface area contributed by atoms with Crippen molar-refractivity contribution >= 4 is 17.3 Å². The molecular weight excluding hydrogens is 341 g/mol. The molecule has 0 bridgehead atoms. The Labute approximate surface area is 158 Å². The van der Waals surface area contributed by atoms with Gasteiger partial charge in [-0.25, -0.2) is 9.18 Å². The minimum Gasteiger partial charge on any atom is -0.456 e. The Kier molecular flexibility index (Phi) is 5.26. The first-order valence-electron chi connectivity index (χ1n) is 8.78. The van der Waals surface area contributed by atoms with Crippen LogP contribution in [0.4, 0.5) is 15.8 Å². The van der Waals surface area contributed by atoms with Crippen LogP contribution in [0.2, 0.25) is 0 Å². The Bertz CT molecular complexity index is 946. The molecule has 0 heterocycles. The zero-order chi connectivity index (χ0) is 19.4. The van der Waals surface area contributed by atoms with Gasteiger partial charge in [0.05, 0.1) is 16.9 Å². The van der Waals surface area contributed by atoms with Gasteiger partial charge in [0, 0.05) is 0 Å². The van der Waals surface area contributed by atoms with Gasteiger partial charge in [-0.2, -0.15) is 0 Å². The van der Waals surface area contributed by atoms with Crippen molar-refractivity contribution in [3.05, 3.63) is 84.2 Å². The first kappa shape index (κ1) is 18.6. The smallest absolute Gasteiger partial charge is 0.340 e. The molecule has 3 nitrogen and oxygen atoms in total. The summed E-state index contributed by atoms with van der Waals surface area (Å²) in [6.45, 7) is 5.44. The van der Waals surface area contributed by atoms with Crippen LogP contribution in [0.15, 0.2) is 72.8 Å². The van der Waals surface area contributed by atoms with Crippen LogP contribution in [0.5, 0.6) is 0 Å². The molecule has 0 aromatic heterocycles. The number of benzene rings is 3. The SMILES string of the molecule is CC(C)(C)OC(=O)c1ccc(-c2ccccc2)cc1Nc1ccccc1F. The van der Waals surface area contributed by atoms with E-state index < -0.39 is 17.4 Å². The highest BCUT2D eigenvalue weighted by atomic mass is 19.1. The number of rotatable bonds is 4. The molecule has 0 radical (unpaired) electrons. The van der Waals surface area contributed by atoms with E-state index in [2.05, 4.69) is 5.32 Å². The zero-order valence-corrected chi connectivity index (χ0v) is 15.6. The fourth-order valence-electron chi connectivity index (χ4n) is 2.68. The van der Waals surface area contributed by atoms with Gasteiger partial charge < -0.3 is 10.1 Å². The van der Waals surface area contributed by atoms with Gasteiger partial charge in [-0.1, -0.05) is 48.5 Å². The van der Waals surface area contributed by atoms with Crippen molar-refractivity contribution in [3.63, 3.8) is 0 Å². The molecule has 0 aliphatic heterocycles. The van der Waals surface area contributed by atoms with E-state index in [-0.39, 0.29) is 0 Å². The summed E-state index contributed by atoms with van der Waals surface area (Å²) in [5.74, 6) is -0.848. The van der Waals surface area contributed by atoms with Gasteiger partial charge in [0.1, 0.15) is 11.4 Å². The van der Waals surface area contributed by atoms with Crippen LogP contribution in [0, 0.1) is 5.82 Å². The number of ether oxygens (including phenoxy) is 1. The number of esters is 1. The fraction of sp³-hybridized carbons (Fsp3) is 0.174. The summed E-state index contributed by atoms with van der Waals surface area (Å²) in [6, 6.07) is 21.6. The third kappa shape index (κ3) is 4.73. The van der Waals surface area contributed by atoms with Crippen LogP contribution in [-0.4, -0.2) is 11.6 Å². The predicted molar refractivity (Wildman–Crippen MR) is 107 cm³/mol. The monoisotopic (exact) mass is 363 g/mol. The second kappa shape index (κ2) is 7.62. The molecule has 0 fully saturated rings. The van der Waals surface area contributed by atoms with Gasteiger partial charge in [0.2, 0.25) is 0 Å². The topological polar surface area (TPSA) is 38.3 Å².